The smallest absolute Gasteiger partial charge is 0.356 e. The van der Waals surface area contributed by atoms with E-state index in [2.05, 4.69) is 4.98 Å². The molecule has 14 heavy (non-hydrogen) atoms. The minimum absolute atomic E-state index is 0.00815. The summed E-state index contributed by atoms with van der Waals surface area (Å²) in [4.78, 5) is 14.6. The fourth-order valence-corrected chi connectivity index (χ4v) is 1.37. The van der Waals surface area contributed by atoms with E-state index in [-0.39, 0.29) is 11.6 Å². The third kappa shape index (κ3) is 1.10. The molecule has 0 saturated carbocycles. The van der Waals surface area contributed by atoms with Crippen LogP contribution in [-0.4, -0.2) is 20.5 Å². The Morgan fingerprint density at radius 3 is 3.00 bits per heavy atom. The highest BCUT2D eigenvalue weighted by atomic mass is 16.4. The van der Waals surface area contributed by atoms with Crippen LogP contribution in [0.3, 0.4) is 0 Å². The van der Waals surface area contributed by atoms with Crippen molar-refractivity contribution in [3.8, 4) is 0 Å². The second-order valence-corrected chi connectivity index (χ2v) is 3.08. The fourth-order valence-electron chi connectivity index (χ4n) is 1.37. The van der Waals surface area contributed by atoms with Crippen LogP contribution >= 0.6 is 0 Å². The quantitative estimate of drug-likeness (QED) is 0.702. The molecule has 0 atom stereocenters. The molecule has 0 amide bonds. The molecule has 2 aromatic heterocycles. The maximum absolute atomic E-state index is 10.8. The summed E-state index contributed by atoms with van der Waals surface area (Å²) in [6.07, 6.45) is 1.71. The predicted molar refractivity (Wildman–Crippen MR) is 51.3 cm³/mol. The van der Waals surface area contributed by atoms with Crippen LogP contribution in [-0.2, 0) is 0 Å². The third-order valence-corrected chi connectivity index (χ3v) is 2.03. The van der Waals surface area contributed by atoms with Gasteiger partial charge in [-0.15, -0.1) is 0 Å². The van der Waals surface area contributed by atoms with Gasteiger partial charge in [0, 0.05) is 6.20 Å². The molecule has 0 aliphatic rings. The van der Waals surface area contributed by atoms with Gasteiger partial charge in [0.1, 0.15) is 0 Å². The van der Waals surface area contributed by atoms with Crippen molar-refractivity contribution < 1.29 is 9.90 Å². The van der Waals surface area contributed by atoms with Crippen LogP contribution < -0.4 is 5.73 Å². The number of nitrogen functional groups attached to an aromatic ring is 1. The summed E-state index contributed by atoms with van der Waals surface area (Å²) < 4.78 is 1.55. The third-order valence-electron chi connectivity index (χ3n) is 2.03. The van der Waals surface area contributed by atoms with E-state index >= 15 is 0 Å². The average molecular weight is 191 g/mol. The molecular formula is C9H9N3O2. The zero-order valence-corrected chi connectivity index (χ0v) is 7.56. The molecule has 72 valence electrons. The van der Waals surface area contributed by atoms with Crippen molar-refractivity contribution in [3.63, 3.8) is 0 Å². The van der Waals surface area contributed by atoms with Crippen LogP contribution in [0.2, 0.25) is 0 Å². The highest BCUT2D eigenvalue weighted by molar-refractivity contribution is 5.94. The van der Waals surface area contributed by atoms with E-state index in [0.717, 1.165) is 5.56 Å². The molecule has 5 heteroatoms. The molecule has 0 aliphatic carbocycles. The largest absolute Gasteiger partial charge is 0.476 e. The number of hydrogen-bond donors (Lipinski definition) is 2. The van der Waals surface area contributed by atoms with Crippen molar-refractivity contribution in [2.45, 2.75) is 6.92 Å². The van der Waals surface area contributed by atoms with Crippen molar-refractivity contribution in [2.75, 3.05) is 5.73 Å². The zero-order chi connectivity index (χ0) is 10.3. The van der Waals surface area contributed by atoms with Crippen LogP contribution in [0.15, 0.2) is 18.3 Å². The number of carboxylic acid groups (broad SMARTS) is 1. The summed E-state index contributed by atoms with van der Waals surface area (Å²) in [5.41, 5.74) is 7.04. The number of aryl methyl sites for hydroxylation is 1. The Kier molecular flexibility index (Phi) is 1.67. The highest BCUT2D eigenvalue weighted by Crippen LogP contribution is 2.15. The molecule has 2 aromatic rings. The number of carboxylic acids is 1. The van der Waals surface area contributed by atoms with E-state index in [1.54, 1.807) is 16.7 Å². The summed E-state index contributed by atoms with van der Waals surface area (Å²) >= 11 is 0. The van der Waals surface area contributed by atoms with Crippen LogP contribution in [0.4, 0.5) is 5.95 Å². The van der Waals surface area contributed by atoms with Crippen LogP contribution in [0.1, 0.15) is 16.1 Å². The number of aromatic nitrogens is 2. The number of pyridine rings is 1. The Hall–Kier alpha value is -2.04. The van der Waals surface area contributed by atoms with Gasteiger partial charge in [0.05, 0.1) is 5.52 Å². The fraction of sp³-hybridized carbons (Fsp3) is 0.111. The molecule has 2 heterocycles. The summed E-state index contributed by atoms with van der Waals surface area (Å²) in [6.45, 7) is 1.88. The summed E-state index contributed by atoms with van der Waals surface area (Å²) in [7, 11) is 0. The van der Waals surface area contributed by atoms with Gasteiger partial charge in [-0.3, -0.25) is 4.40 Å². The second-order valence-electron chi connectivity index (χ2n) is 3.08. The summed E-state index contributed by atoms with van der Waals surface area (Å²) in [5, 5.41) is 8.86. The SMILES string of the molecule is Cc1ccn2c(N)nc(C(=O)O)c2c1. The molecule has 5 nitrogen and oxygen atoms in total. The number of carbonyl (C=O) groups is 1. The van der Waals surface area contributed by atoms with Crippen LogP contribution in [0.5, 0.6) is 0 Å². The maximum atomic E-state index is 10.8. The Morgan fingerprint density at radius 1 is 1.64 bits per heavy atom. The van der Waals surface area contributed by atoms with E-state index < -0.39 is 5.97 Å². The number of imidazole rings is 1. The van der Waals surface area contributed by atoms with Crippen molar-refractivity contribution >= 4 is 17.4 Å². The Morgan fingerprint density at radius 2 is 2.36 bits per heavy atom. The molecular weight excluding hydrogens is 182 g/mol. The number of fused-ring (bicyclic) bond motifs is 1. The van der Waals surface area contributed by atoms with Gasteiger partial charge in [0.15, 0.2) is 5.69 Å². The van der Waals surface area contributed by atoms with Gasteiger partial charge >= 0.3 is 5.97 Å². The van der Waals surface area contributed by atoms with E-state index in [9.17, 15) is 4.79 Å². The van der Waals surface area contributed by atoms with Gasteiger partial charge in [-0.05, 0) is 24.6 Å². The van der Waals surface area contributed by atoms with Gasteiger partial charge < -0.3 is 10.8 Å². The van der Waals surface area contributed by atoms with E-state index in [1.165, 1.54) is 0 Å². The first kappa shape index (κ1) is 8.55. The highest BCUT2D eigenvalue weighted by Gasteiger charge is 2.14. The lowest BCUT2D eigenvalue weighted by Crippen LogP contribution is -1.97. The minimum Gasteiger partial charge on any atom is -0.476 e. The Labute approximate surface area is 79.8 Å². The Balaban J connectivity index is 2.85. The molecule has 2 rings (SSSR count). The Bertz CT molecular complexity index is 516. The van der Waals surface area contributed by atoms with Crippen molar-refractivity contribution in [2.24, 2.45) is 0 Å². The zero-order valence-electron chi connectivity index (χ0n) is 7.56. The number of anilines is 1. The molecule has 0 fully saturated rings. The van der Waals surface area contributed by atoms with Crippen LogP contribution in [0, 0.1) is 6.92 Å². The molecule has 0 unspecified atom stereocenters. The molecule has 0 saturated heterocycles. The number of aromatic carboxylic acids is 1. The van der Waals surface area contributed by atoms with Gasteiger partial charge in [-0.25, -0.2) is 9.78 Å². The lowest BCUT2D eigenvalue weighted by atomic mass is 10.2. The topological polar surface area (TPSA) is 80.6 Å². The number of hydrogen-bond acceptors (Lipinski definition) is 3. The normalized spacial score (nSPS) is 10.6. The lowest BCUT2D eigenvalue weighted by Gasteiger charge is -1.97. The van der Waals surface area contributed by atoms with Gasteiger partial charge in [-0.2, -0.15) is 0 Å². The standard InChI is InChI=1S/C9H9N3O2/c1-5-2-3-12-6(4-5)7(8(13)14)11-9(12)10/h2-4H,1H3,(H2,10,11)(H,13,14). The number of rotatable bonds is 1. The van der Waals surface area contributed by atoms with Gasteiger partial charge in [0.2, 0.25) is 5.95 Å². The maximum Gasteiger partial charge on any atom is 0.356 e. The first-order chi connectivity index (χ1) is 6.59. The van der Waals surface area contributed by atoms with Crippen LogP contribution in [0.25, 0.3) is 5.52 Å². The lowest BCUT2D eigenvalue weighted by molar-refractivity contribution is 0.0693. The summed E-state index contributed by atoms with van der Waals surface area (Å²) in [5.74, 6) is -0.873. The second kappa shape index (κ2) is 2.73. The van der Waals surface area contributed by atoms with Gasteiger partial charge in [-0.1, -0.05) is 0 Å². The molecule has 3 N–H and O–H groups in total. The van der Waals surface area contributed by atoms with E-state index in [1.807, 2.05) is 13.0 Å². The average Bonchev–Trinajstić information content (AvgIpc) is 2.43. The van der Waals surface area contributed by atoms with Gasteiger partial charge in [0.25, 0.3) is 0 Å². The first-order valence-corrected chi connectivity index (χ1v) is 4.07. The summed E-state index contributed by atoms with van der Waals surface area (Å²) in [6, 6.07) is 3.59. The molecule has 0 bridgehead atoms. The van der Waals surface area contributed by atoms with E-state index in [0.29, 0.717) is 5.52 Å². The molecule has 0 aromatic carbocycles. The van der Waals surface area contributed by atoms with Crippen molar-refractivity contribution in [3.05, 3.63) is 29.6 Å². The van der Waals surface area contributed by atoms with E-state index in [4.69, 9.17) is 10.8 Å². The molecule has 0 aliphatic heterocycles. The number of nitrogens with zero attached hydrogens (tertiary/aromatic N) is 2. The number of nitrogens with two attached hydrogens (primary N) is 1. The first-order valence-electron chi connectivity index (χ1n) is 4.07. The monoisotopic (exact) mass is 191 g/mol. The minimum atomic E-state index is -1.07. The van der Waals surface area contributed by atoms with Crippen molar-refractivity contribution in [1.82, 2.24) is 9.38 Å². The molecule has 0 spiro atoms. The predicted octanol–water partition coefficient (Wildman–Crippen LogP) is 0.923. The van der Waals surface area contributed by atoms with Crippen molar-refractivity contribution in [1.29, 1.82) is 0 Å². The molecule has 0 radical (unpaired) electrons.